The Morgan fingerprint density at radius 2 is 2.09 bits per heavy atom. The van der Waals surface area contributed by atoms with E-state index >= 15 is 0 Å². The zero-order valence-corrected chi connectivity index (χ0v) is 14.9. The molecule has 0 saturated carbocycles. The lowest BCUT2D eigenvalue weighted by molar-refractivity contribution is 1.11. The standard InChI is InChI=1S/C18H19N3S2/c1-13-6-5-7-14(12-13)17-18(20-15-8-3-4-10-19-15)23-16(21-17)9-11-22-2/h3-8,10,12H,9,11H2,1-2H3,(H,19,20). The van der Waals surface area contributed by atoms with Crippen LogP contribution in [0.1, 0.15) is 10.6 Å². The van der Waals surface area contributed by atoms with Crippen molar-refractivity contribution in [1.82, 2.24) is 9.97 Å². The molecular formula is C18H19N3S2. The van der Waals surface area contributed by atoms with Gasteiger partial charge in [0.2, 0.25) is 0 Å². The van der Waals surface area contributed by atoms with Crippen LogP contribution in [0.5, 0.6) is 0 Å². The summed E-state index contributed by atoms with van der Waals surface area (Å²) in [6.45, 7) is 2.11. The number of rotatable bonds is 6. The molecule has 3 aromatic rings. The average Bonchev–Trinajstić information content (AvgIpc) is 2.97. The summed E-state index contributed by atoms with van der Waals surface area (Å²) >= 11 is 3.57. The first-order valence-corrected chi connectivity index (χ1v) is 9.71. The van der Waals surface area contributed by atoms with E-state index in [-0.39, 0.29) is 0 Å². The Morgan fingerprint density at radius 1 is 1.17 bits per heavy atom. The molecule has 0 atom stereocenters. The van der Waals surface area contributed by atoms with Gasteiger partial charge in [-0.3, -0.25) is 0 Å². The Bertz CT molecular complexity index is 769. The highest BCUT2D eigenvalue weighted by Gasteiger charge is 2.14. The summed E-state index contributed by atoms with van der Waals surface area (Å²) in [4.78, 5) is 9.23. The van der Waals surface area contributed by atoms with Crippen molar-refractivity contribution in [3.8, 4) is 11.3 Å². The van der Waals surface area contributed by atoms with Crippen LogP contribution >= 0.6 is 23.1 Å². The van der Waals surface area contributed by atoms with Gasteiger partial charge in [-0.15, -0.1) is 11.3 Å². The van der Waals surface area contributed by atoms with E-state index in [0.29, 0.717) is 0 Å². The second kappa shape index (κ2) is 7.62. The number of anilines is 2. The Labute approximate surface area is 145 Å². The molecular weight excluding hydrogens is 322 g/mol. The summed E-state index contributed by atoms with van der Waals surface area (Å²) < 4.78 is 0. The van der Waals surface area contributed by atoms with Gasteiger partial charge in [-0.1, -0.05) is 29.8 Å². The topological polar surface area (TPSA) is 37.8 Å². The van der Waals surface area contributed by atoms with Crippen LogP contribution in [0.2, 0.25) is 0 Å². The van der Waals surface area contributed by atoms with Gasteiger partial charge in [-0.05, 0) is 37.1 Å². The van der Waals surface area contributed by atoms with Gasteiger partial charge in [-0.2, -0.15) is 11.8 Å². The highest BCUT2D eigenvalue weighted by Crippen LogP contribution is 2.35. The Morgan fingerprint density at radius 3 is 2.83 bits per heavy atom. The number of thiazole rings is 1. The first-order valence-electron chi connectivity index (χ1n) is 7.50. The molecule has 0 aliphatic heterocycles. The molecule has 0 aliphatic rings. The predicted molar refractivity (Wildman–Crippen MR) is 102 cm³/mol. The Balaban J connectivity index is 1.97. The van der Waals surface area contributed by atoms with Crippen molar-refractivity contribution >= 4 is 33.9 Å². The van der Waals surface area contributed by atoms with Crippen molar-refractivity contribution in [3.63, 3.8) is 0 Å². The molecule has 23 heavy (non-hydrogen) atoms. The number of thioether (sulfide) groups is 1. The average molecular weight is 342 g/mol. The minimum absolute atomic E-state index is 0.849. The molecule has 118 valence electrons. The molecule has 0 bridgehead atoms. The quantitative estimate of drug-likeness (QED) is 0.672. The van der Waals surface area contributed by atoms with E-state index in [1.54, 1.807) is 17.5 Å². The third-order valence-corrected chi connectivity index (χ3v) is 5.03. The zero-order valence-electron chi connectivity index (χ0n) is 13.2. The highest BCUT2D eigenvalue weighted by molar-refractivity contribution is 7.98. The van der Waals surface area contributed by atoms with Crippen LogP contribution in [0, 0.1) is 6.92 Å². The normalized spacial score (nSPS) is 10.7. The van der Waals surface area contributed by atoms with Crippen LogP contribution in [-0.4, -0.2) is 22.0 Å². The number of aryl methyl sites for hydroxylation is 2. The van der Waals surface area contributed by atoms with E-state index in [1.807, 2.05) is 30.0 Å². The number of benzene rings is 1. The second-order valence-electron chi connectivity index (χ2n) is 5.24. The SMILES string of the molecule is CSCCc1nc(-c2cccc(C)c2)c(Nc2ccccn2)s1. The first-order chi connectivity index (χ1) is 11.3. The maximum atomic E-state index is 4.87. The number of nitrogens with zero attached hydrogens (tertiary/aromatic N) is 2. The van der Waals surface area contributed by atoms with Crippen LogP contribution < -0.4 is 5.32 Å². The molecule has 2 heterocycles. The molecule has 3 rings (SSSR count). The van der Waals surface area contributed by atoms with Crippen molar-refractivity contribution in [2.75, 3.05) is 17.3 Å². The van der Waals surface area contributed by atoms with Crippen molar-refractivity contribution in [1.29, 1.82) is 0 Å². The third kappa shape index (κ3) is 4.12. The van der Waals surface area contributed by atoms with Gasteiger partial charge in [-0.25, -0.2) is 9.97 Å². The zero-order chi connectivity index (χ0) is 16.1. The van der Waals surface area contributed by atoms with Gasteiger partial charge in [0, 0.05) is 18.2 Å². The number of aromatic nitrogens is 2. The molecule has 0 radical (unpaired) electrons. The summed E-state index contributed by atoms with van der Waals surface area (Å²) in [6.07, 6.45) is 4.92. The maximum absolute atomic E-state index is 4.87. The van der Waals surface area contributed by atoms with E-state index < -0.39 is 0 Å². The first kappa shape index (κ1) is 16.0. The van der Waals surface area contributed by atoms with Crippen LogP contribution in [-0.2, 0) is 6.42 Å². The fraction of sp³-hybridized carbons (Fsp3) is 0.222. The van der Waals surface area contributed by atoms with E-state index in [2.05, 4.69) is 47.7 Å². The van der Waals surface area contributed by atoms with Crippen LogP contribution in [0.25, 0.3) is 11.3 Å². The number of pyridine rings is 1. The molecule has 3 nitrogen and oxygen atoms in total. The number of nitrogens with one attached hydrogen (secondary N) is 1. The summed E-state index contributed by atoms with van der Waals surface area (Å²) in [7, 11) is 0. The Kier molecular flexibility index (Phi) is 5.31. The molecule has 1 aromatic carbocycles. The Hall–Kier alpha value is -1.85. The van der Waals surface area contributed by atoms with Crippen molar-refractivity contribution in [3.05, 3.63) is 59.2 Å². The van der Waals surface area contributed by atoms with Crippen LogP contribution in [0.4, 0.5) is 10.8 Å². The monoisotopic (exact) mass is 341 g/mol. The van der Waals surface area contributed by atoms with Gasteiger partial charge in [0.15, 0.2) is 0 Å². The number of hydrogen-bond acceptors (Lipinski definition) is 5. The molecule has 0 unspecified atom stereocenters. The van der Waals surface area contributed by atoms with Gasteiger partial charge >= 0.3 is 0 Å². The molecule has 0 saturated heterocycles. The summed E-state index contributed by atoms with van der Waals surface area (Å²) in [5.41, 5.74) is 3.40. The van der Waals surface area contributed by atoms with Gasteiger partial charge in [0.1, 0.15) is 16.5 Å². The summed E-state index contributed by atoms with van der Waals surface area (Å²) in [5, 5.41) is 5.65. The van der Waals surface area contributed by atoms with Crippen molar-refractivity contribution in [2.45, 2.75) is 13.3 Å². The highest BCUT2D eigenvalue weighted by atomic mass is 32.2. The molecule has 0 fully saturated rings. The summed E-state index contributed by atoms with van der Waals surface area (Å²) in [6, 6.07) is 14.4. The van der Waals surface area contributed by atoms with Crippen LogP contribution in [0.3, 0.4) is 0 Å². The van der Waals surface area contributed by atoms with E-state index in [1.165, 1.54) is 5.56 Å². The van der Waals surface area contributed by atoms with Gasteiger partial charge < -0.3 is 5.32 Å². The smallest absolute Gasteiger partial charge is 0.130 e. The van der Waals surface area contributed by atoms with Crippen molar-refractivity contribution < 1.29 is 0 Å². The fourth-order valence-electron chi connectivity index (χ4n) is 2.29. The van der Waals surface area contributed by atoms with E-state index in [4.69, 9.17) is 4.98 Å². The largest absolute Gasteiger partial charge is 0.330 e. The predicted octanol–water partition coefficient (Wildman–Crippen LogP) is 5.16. The lowest BCUT2D eigenvalue weighted by atomic mass is 10.1. The van der Waals surface area contributed by atoms with Gasteiger partial charge in [0.25, 0.3) is 0 Å². The van der Waals surface area contributed by atoms with Crippen molar-refractivity contribution in [2.24, 2.45) is 0 Å². The lowest BCUT2D eigenvalue weighted by Gasteiger charge is -2.05. The minimum atomic E-state index is 0.849. The molecule has 0 amide bonds. The fourth-order valence-corrected chi connectivity index (χ4v) is 3.81. The third-order valence-electron chi connectivity index (χ3n) is 3.39. The molecule has 5 heteroatoms. The van der Waals surface area contributed by atoms with Gasteiger partial charge in [0.05, 0.1) is 5.01 Å². The maximum Gasteiger partial charge on any atom is 0.130 e. The second-order valence-corrected chi connectivity index (χ2v) is 7.31. The lowest BCUT2D eigenvalue weighted by Crippen LogP contribution is -1.92. The minimum Gasteiger partial charge on any atom is -0.330 e. The molecule has 2 aromatic heterocycles. The molecule has 0 spiro atoms. The molecule has 1 N–H and O–H groups in total. The summed E-state index contributed by atoms with van der Waals surface area (Å²) in [5.74, 6) is 1.94. The number of hydrogen-bond donors (Lipinski definition) is 1. The van der Waals surface area contributed by atoms with Crippen LogP contribution in [0.15, 0.2) is 48.7 Å². The molecule has 0 aliphatic carbocycles. The van der Waals surface area contributed by atoms with E-state index in [0.717, 1.165) is 39.3 Å². The van der Waals surface area contributed by atoms with E-state index in [9.17, 15) is 0 Å².